The summed E-state index contributed by atoms with van der Waals surface area (Å²) in [5.74, 6) is 0.718. The Kier molecular flexibility index (Phi) is 6.18. The number of hydrogen-bond donors (Lipinski definition) is 0. The smallest absolute Gasteiger partial charge is 0.161 e. The molecule has 44 heavy (non-hydrogen) atoms. The van der Waals surface area contributed by atoms with Gasteiger partial charge in [0.1, 0.15) is 0 Å². The van der Waals surface area contributed by atoms with Crippen molar-refractivity contribution in [3.05, 3.63) is 157 Å². The second kappa shape index (κ2) is 10.6. The predicted molar refractivity (Wildman–Crippen MR) is 181 cm³/mol. The van der Waals surface area contributed by atoms with Crippen LogP contribution in [0.5, 0.6) is 0 Å². The van der Waals surface area contributed by atoms with E-state index < -0.39 is 0 Å². The van der Waals surface area contributed by atoms with E-state index in [1.807, 2.05) is 54.6 Å². The fraction of sp³-hybridized carbons (Fsp3) is 0. The van der Waals surface area contributed by atoms with Crippen molar-refractivity contribution in [2.75, 3.05) is 0 Å². The first-order chi connectivity index (χ1) is 21.7. The highest BCUT2D eigenvalue weighted by Gasteiger charge is 2.14. The summed E-state index contributed by atoms with van der Waals surface area (Å²) in [6, 6.07) is 54.6. The zero-order valence-corrected chi connectivity index (χ0v) is 23.8. The fourth-order valence-corrected chi connectivity index (χ4v) is 6.10. The van der Waals surface area contributed by atoms with Gasteiger partial charge < -0.3 is 0 Å². The van der Waals surface area contributed by atoms with E-state index in [0.717, 1.165) is 66.6 Å². The number of benzene rings is 7. The fourth-order valence-electron chi connectivity index (χ4n) is 6.10. The minimum absolute atomic E-state index is 0.664. The van der Waals surface area contributed by atoms with Gasteiger partial charge in [0.05, 0.1) is 22.8 Å². The monoisotopic (exact) mass is 559 g/mol. The number of hydrogen-bond acceptors (Lipinski definition) is 3. The molecule has 1 aromatic heterocycles. The van der Waals surface area contributed by atoms with E-state index in [0.29, 0.717) is 5.56 Å². The third-order valence-corrected chi connectivity index (χ3v) is 8.31. The molecule has 3 nitrogen and oxygen atoms in total. The first-order valence-corrected chi connectivity index (χ1v) is 14.6. The average molecular weight is 560 g/mol. The standard InChI is InChI=1S/C41H25N3/c42-26-27-16-18-29(19-17-27)34-13-7-11-33-24-31(22-23-35(33)34)32-21-20-28-10-6-14-36(38(28)25-32)41-43-39-15-5-4-12-37(39)40(44-41)30-8-2-1-3-9-30/h1-25H. The molecule has 0 unspecified atom stereocenters. The van der Waals surface area contributed by atoms with Gasteiger partial charge in [-0.1, -0.05) is 121 Å². The highest BCUT2D eigenvalue weighted by atomic mass is 14.9. The van der Waals surface area contributed by atoms with E-state index in [-0.39, 0.29) is 0 Å². The molecule has 8 rings (SSSR count). The van der Waals surface area contributed by atoms with E-state index in [1.165, 1.54) is 10.8 Å². The molecule has 0 aliphatic heterocycles. The van der Waals surface area contributed by atoms with Crippen molar-refractivity contribution in [3.63, 3.8) is 0 Å². The van der Waals surface area contributed by atoms with Crippen molar-refractivity contribution in [2.45, 2.75) is 0 Å². The van der Waals surface area contributed by atoms with Crippen molar-refractivity contribution in [2.24, 2.45) is 0 Å². The normalized spacial score (nSPS) is 11.2. The molecule has 0 saturated heterocycles. The number of fused-ring (bicyclic) bond motifs is 3. The number of rotatable bonds is 4. The molecular weight excluding hydrogens is 534 g/mol. The Morgan fingerprint density at radius 2 is 1.14 bits per heavy atom. The highest BCUT2D eigenvalue weighted by molar-refractivity contribution is 6.02. The van der Waals surface area contributed by atoms with Crippen LogP contribution in [0.15, 0.2) is 152 Å². The molecule has 0 bridgehead atoms. The van der Waals surface area contributed by atoms with Gasteiger partial charge in [-0.05, 0) is 74.1 Å². The van der Waals surface area contributed by atoms with Crippen LogP contribution in [0.1, 0.15) is 5.56 Å². The van der Waals surface area contributed by atoms with E-state index in [9.17, 15) is 5.26 Å². The van der Waals surface area contributed by atoms with E-state index in [4.69, 9.17) is 9.97 Å². The first kappa shape index (κ1) is 25.6. The number of nitrogens with zero attached hydrogens (tertiary/aromatic N) is 3. The minimum atomic E-state index is 0.664. The molecule has 8 aromatic rings. The molecule has 204 valence electrons. The molecule has 0 atom stereocenters. The van der Waals surface area contributed by atoms with Crippen LogP contribution in [-0.4, -0.2) is 9.97 Å². The van der Waals surface area contributed by atoms with E-state index in [2.05, 4.69) is 103 Å². The molecule has 0 aliphatic rings. The molecule has 0 amide bonds. The summed E-state index contributed by atoms with van der Waals surface area (Å²) in [5, 5.41) is 14.9. The van der Waals surface area contributed by atoms with Gasteiger partial charge in [-0.15, -0.1) is 0 Å². The van der Waals surface area contributed by atoms with Crippen LogP contribution in [0.25, 0.3) is 77.3 Å². The Morgan fingerprint density at radius 1 is 0.432 bits per heavy atom. The third kappa shape index (κ3) is 4.47. The Bertz CT molecular complexity index is 2380. The van der Waals surface area contributed by atoms with Gasteiger partial charge in [0.2, 0.25) is 0 Å². The van der Waals surface area contributed by atoms with Gasteiger partial charge >= 0.3 is 0 Å². The van der Waals surface area contributed by atoms with Crippen LogP contribution >= 0.6 is 0 Å². The topological polar surface area (TPSA) is 49.6 Å². The Labute approximate surface area is 255 Å². The van der Waals surface area contributed by atoms with Gasteiger partial charge in [-0.25, -0.2) is 9.97 Å². The van der Waals surface area contributed by atoms with Crippen molar-refractivity contribution >= 4 is 32.4 Å². The number of para-hydroxylation sites is 1. The molecule has 0 spiro atoms. The molecule has 7 aromatic carbocycles. The SMILES string of the molecule is N#Cc1ccc(-c2cccc3cc(-c4ccc5cccc(-c6nc(-c7ccccc7)c7ccccc7n6)c5c4)ccc23)cc1. The van der Waals surface area contributed by atoms with Crippen molar-refractivity contribution < 1.29 is 0 Å². The maximum Gasteiger partial charge on any atom is 0.161 e. The van der Waals surface area contributed by atoms with Crippen LogP contribution in [0.2, 0.25) is 0 Å². The van der Waals surface area contributed by atoms with Gasteiger partial charge in [0.15, 0.2) is 5.82 Å². The summed E-state index contributed by atoms with van der Waals surface area (Å²) in [4.78, 5) is 10.2. The van der Waals surface area contributed by atoms with Gasteiger partial charge in [0.25, 0.3) is 0 Å². The van der Waals surface area contributed by atoms with Crippen LogP contribution in [0, 0.1) is 11.3 Å². The van der Waals surface area contributed by atoms with E-state index in [1.54, 1.807) is 0 Å². The third-order valence-electron chi connectivity index (χ3n) is 8.31. The molecule has 3 heteroatoms. The molecule has 0 aliphatic carbocycles. The predicted octanol–water partition coefficient (Wildman–Crippen LogP) is 10.5. The Hall–Kier alpha value is -6.11. The average Bonchev–Trinajstić information content (AvgIpc) is 3.10. The first-order valence-electron chi connectivity index (χ1n) is 14.6. The summed E-state index contributed by atoms with van der Waals surface area (Å²) in [6.07, 6.45) is 0. The summed E-state index contributed by atoms with van der Waals surface area (Å²) in [6.45, 7) is 0. The summed E-state index contributed by atoms with van der Waals surface area (Å²) >= 11 is 0. The molecule has 0 saturated carbocycles. The van der Waals surface area contributed by atoms with Crippen LogP contribution < -0.4 is 0 Å². The van der Waals surface area contributed by atoms with Gasteiger partial charge in [-0.3, -0.25) is 0 Å². The summed E-state index contributed by atoms with van der Waals surface area (Å²) in [5.41, 5.74) is 9.16. The lowest BCUT2D eigenvalue weighted by molar-refractivity contribution is 1.23. The quantitative estimate of drug-likeness (QED) is 0.215. The van der Waals surface area contributed by atoms with Crippen LogP contribution in [0.4, 0.5) is 0 Å². The highest BCUT2D eigenvalue weighted by Crippen LogP contribution is 2.36. The Morgan fingerprint density at radius 3 is 1.98 bits per heavy atom. The molecular formula is C41H25N3. The van der Waals surface area contributed by atoms with Crippen LogP contribution in [-0.2, 0) is 0 Å². The van der Waals surface area contributed by atoms with Gasteiger partial charge in [0, 0.05) is 16.5 Å². The maximum atomic E-state index is 9.20. The van der Waals surface area contributed by atoms with Crippen molar-refractivity contribution in [1.29, 1.82) is 5.26 Å². The van der Waals surface area contributed by atoms with Gasteiger partial charge in [-0.2, -0.15) is 5.26 Å². The second-order valence-corrected chi connectivity index (χ2v) is 11.0. The second-order valence-electron chi connectivity index (χ2n) is 11.0. The summed E-state index contributed by atoms with van der Waals surface area (Å²) < 4.78 is 0. The zero-order chi connectivity index (χ0) is 29.5. The zero-order valence-electron chi connectivity index (χ0n) is 23.8. The molecule has 1 heterocycles. The number of nitriles is 1. The van der Waals surface area contributed by atoms with Crippen molar-refractivity contribution in [1.82, 2.24) is 9.97 Å². The maximum absolute atomic E-state index is 9.20. The Balaban J connectivity index is 1.26. The van der Waals surface area contributed by atoms with Crippen LogP contribution in [0.3, 0.4) is 0 Å². The van der Waals surface area contributed by atoms with Crippen molar-refractivity contribution in [3.8, 4) is 51.0 Å². The summed E-state index contributed by atoms with van der Waals surface area (Å²) in [7, 11) is 0. The number of aromatic nitrogens is 2. The lowest BCUT2D eigenvalue weighted by atomic mass is 9.93. The molecule has 0 fully saturated rings. The largest absolute Gasteiger partial charge is 0.228 e. The lowest BCUT2D eigenvalue weighted by Gasteiger charge is -2.13. The van der Waals surface area contributed by atoms with E-state index >= 15 is 0 Å². The molecule has 0 radical (unpaired) electrons. The molecule has 0 N–H and O–H groups in total. The minimum Gasteiger partial charge on any atom is -0.228 e. The lowest BCUT2D eigenvalue weighted by Crippen LogP contribution is -1.96.